The molecule has 1 heterocycles. The number of nitrogens with one attached hydrogen (secondary N) is 2. The molecule has 1 aliphatic heterocycles. The van der Waals surface area contributed by atoms with Crippen LogP contribution in [-0.2, 0) is 11.3 Å². The number of hydrogen-bond acceptors (Lipinski definition) is 3. The first-order chi connectivity index (χ1) is 16.0. The van der Waals surface area contributed by atoms with E-state index < -0.39 is 0 Å². The lowest BCUT2D eigenvalue weighted by atomic mass is 9.92. The van der Waals surface area contributed by atoms with Crippen LogP contribution in [0.4, 0.5) is 5.69 Å². The topological polar surface area (TPSA) is 61.4 Å². The Morgan fingerprint density at radius 2 is 1.61 bits per heavy atom. The molecule has 0 unspecified atom stereocenters. The minimum Gasteiger partial charge on any atom is -0.353 e. The fraction of sp³-hybridized carbons (Fsp3) is 0.500. The zero-order valence-corrected chi connectivity index (χ0v) is 20.0. The maximum absolute atomic E-state index is 12.7. The zero-order valence-electron chi connectivity index (χ0n) is 20.0. The smallest absolute Gasteiger partial charge is 0.255 e. The Kier molecular flexibility index (Phi) is 7.81. The number of benzene rings is 2. The Morgan fingerprint density at radius 1 is 0.909 bits per heavy atom. The summed E-state index contributed by atoms with van der Waals surface area (Å²) in [4.78, 5) is 27.8. The molecule has 0 atom stereocenters. The van der Waals surface area contributed by atoms with Crippen LogP contribution in [0.3, 0.4) is 0 Å². The summed E-state index contributed by atoms with van der Waals surface area (Å²) >= 11 is 0. The molecule has 0 aromatic heterocycles. The van der Waals surface area contributed by atoms with E-state index in [0.29, 0.717) is 11.6 Å². The summed E-state index contributed by atoms with van der Waals surface area (Å²) in [6, 6.07) is 14.4. The van der Waals surface area contributed by atoms with Crippen LogP contribution in [-0.4, -0.2) is 35.8 Å². The van der Waals surface area contributed by atoms with Crippen molar-refractivity contribution in [3.63, 3.8) is 0 Å². The highest BCUT2D eigenvalue weighted by atomic mass is 16.2. The standard InChI is InChI=1S/C28H37N3O2/c1-20-15-21(2)17-24(16-20)28(33)30-26-10-6-7-22(18-26)19-31-13-11-23(12-14-31)27(32)29-25-8-4-3-5-9-25/h6-7,10,15-18,23,25H,3-5,8-9,11-14,19H2,1-2H3,(H,29,32)(H,30,33). The fourth-order valence-electron chi connectivity index (χ4n) is 5.23. The lowest BCUT2D eigenvalue weighted by Crippen LogP contribution is -2.44. The predicted octanol–water partition coefficient (Wildman–Crippen LogP) is 5.22. The zero-order chi connectivity index (χ0) is 23.2. The molecule has 2 aromatic rings. The van der Waals surface area contributed by atoms with Crippen molar-refractivity contribution in [1.29, 1.82) is 0 Å². The number of nitrogens with zero attached hydrogens (tertiary/aromatic N) is 1. The summed E-state index contributed by atoms with van der Waals surface area (Å²) in [6.45, 7) is 6.72. The van der Waals surface area contributed by atoms with Crippen LogP contribution in [0.2, 0.25) is 0 Å². The molecule has 0 spiro atoms. The first-order valence-corrected chi connectivity index (χ1v) is 12.5. The average Bonchev–Trinajstić information content (AvgIpc) is 2.80. The van der Waals surface area contributed by atoms with Gasteiger partial charge < -0.3 is 10.6 Å². The van der Waals surface area contributed by atoms with Gasteiger partial charge in [-0.2, -0.15) is 0 Å². The number of aryl methyl sites for hydroxylation is 2. The molecule has 1 aliphatic carbocycles. The van der Waals surface area contributed by atoms with E-state index in [2.05, 4.69) is 33.7 Å². The number of carbonyl (C=O) groups excluding carboxylic acids is 2. The van der Waals surface area contributed by atoms with E-state index in [9.17, 15) is 9.59 Å². The molecule has 176 valence electrons. The Bertz CT molecular complexity index is 953. The van der Waals surface area contributed by atoms with E-state index in [1.165, 1.54) is 24.8 Å². The van der Waals surface area contributed by atoms with Gasteiger partial charge in [-0.1, -0.05) is 48.6 Å². The highest BCUT2D eigenvalue weighted by Gasteiger charge is 2.27. The first kappa shape index (κ1) is 23.5. The van der Waals surface area contributed by atoms with Crippen LogP contribution in [0.15, 0.2) is 42.5 Å². The van der Waals surface area contributed by atoms with Gasteiger partial charge in [-0.15, -0.1) is 0 Å². The molecule has 2 N–H and O–H groups in total. The van der Waals surface area contributed by atoms with E-state index in [0.717, 1.165) is 62.1 Å². The van der Waals surface area contributed by atoms with Crippen molar-refractivity contribution in [2.75, 3.05) is 18.4 Å². The number of likely N-dealkylation sites (tertiary alicyclic amines) is 1. The maximum atomic E-state index is 12.7. The van der Waals surface area contributed by atoms with Gasteiger partial charge >= 0.3 is 0 Å². The minimum atomic E-state index is -0.0799. The number of anilines is 1. The largest absolute Gasteiger partial charge is 0.353 e. The highest BCUT2D eigenvalue weighted by molar-refractivity contribution is 6.04. The van der Waals surface area contributed by atoms with Crippen LogP contribution < -0.4 is 10.6 Å². The molecular formula is C28H37N3O2. The Morgan fingerprint density at radius 3 is 2.30 bits per heavy atom. The van der Waals surface area contributed by atoms with Crippen LogP contribution in [0, 0.1) is 19.8 Å². The summed E-state index contributed by atoms with van der Waals surface area (Å²) in [5, 5.41) is 6.34. The molecule has 2 aromatic carbocycles. The predicted molar refractivity (Wildman–Crippen MR) is 133 cm³/mol. The number of carbonyl (C=O) groups is 2. The van der Waals surface area contributed by atoms with Crippen molar-refractivity contribution in [2.24, 2.45) is 5.92 Å². The van der Waals surface area contributed by atoms with E-state index >= 15 is 0 Å². The summed E-state index contributed by atoms with van der Waals surface area (Å²) in [5.41, 5.74) is 4.86. The molecule has 0 radical (unpaired) electrons. The van der Waals surface area contributed by atoms with Crippen LogP contribution in [0.25, 0.3) is 0 Å². The molecule has 5 heteroatoms. The van der Waals surface area contributed by atoms with Gasteiger partial charge in [0.05, 0.1) is 0 Å². The summed E-state index contributed by atoms with van der Waals surface area (Å²) in [6.07, 6.45) is 7.91. The van der Waals surface area contributed by atoms with Gasteiger partial charge in [-0.3, -0.25) is 14.5 Å². The molecule has 2 fully saturated rings. The van der Waals surface area contributed by atoms with E-state index in [-0.39, 0.29) is 17.7 Å². The molecule has 1 saturated heterocycles. The van der Waals surface area contributed by atoms with Gasteiger partial charge in [-0.25, -0.2) is 0 Å². The van der Waals surface area contributed by atoms with E-state index in [4.69, 9.17) is 0 Å². The van der Waals surface area contributed by atoms with Crippen molar-refractivity contribution >= 4 is 17.5 Å². The SMILES string of the molecule is Cc1cc(C)cc(C(=O)Nc2cccc(CN3CCC(C(=O)NC4CCCCC4)CC3)c2)c1. The van der Waals surface area contributed by atoms with E-state index in [1.54, 1.807) is 0 Å². The van der Waals surface area contributed by atoms with E-state index in [1.807, 2.05) is 38.1 Å². The number of hydrogen-bond donors (Lipinski definition) is 2. The van der Waals surface area contributed by atoms with Gasteiger partial charge in [0, 0.05) is 29.8 Å². The summed E-state index contributed by atoms with van der Waals surface area (Å²) < 4.78 is 0. The number of piperidine rings is 1. The summed E-state index contributed by atoms with van der Waals surface area (Å²) in [7, 11) is 0. The molecule has 2 amide bonds. The average molecular weight is 448 g/mol. The molecular weight excluding hydrogens is 410 g/mol. The molecule has 1 saturated carbocycles. The number of rotatable bonds is 6. The van der Waals surface area contributed by atoms with Crippen LogP contribution >= 0.6 is 0 Å². The molecule has 33 heavy (non-hydrogen) atoms. The highest BCUT2D eigenvalue weighted by Crippen LogP contribution is 2.23. The van der Waals surface area contributed by atoms with Gasteiger partial charge in [0.2, 0.25) is 5.91 Å². The second kappa shape index (κ2) is 11.0. The second-order valence-electron chi connectivity index (χ2n) is 9.92. The van der Waals surface area contributed by atoms with Crippen molar-refractivity contribution in [1.82, 2.24) is 10.2 Å². The van der Waals surface area contributed by atoms with Crippen molar-refractivity contribution in [3.05, 3.63) is 64.7 Å². The third kappa shape index (κ3) is 6.67. The van der Waals surface area contributed by atoms with Gasteiger partial charge in [0.25, 0.3) is 5.91 Å². The molecule has 2 aliphatic rings. The maximum Gasteiger partial charge on any atom is 0.255 e. The van der Waals surface area contributed by atoms with Crippen molar-refractivity contribution in [2.45, 2.75) is 71.4 Å². The minimum absolute atomic E-state index is 0.0799. The Balaban J connectivity index is 1.27. The Hall–Kier alpha value is -2.66. The molecule has 5 nitrogen and oxygen atoms in total. The molecule has 4 rings (SSSR count). The number of amides is 2. The van der Waals surface area contributed by atoms with Crippen molar-refractivity contribution < 1.29 is 9.59 Å². The quantitative estimate of drug-likeness (QED) is 0.638. The third-order valence-corrected chi connectivity index (χ3v) is 6.98. The molecule has 0 bridgehead atoms. The lowest BCUT2D eigenvalue weighted by Gasteiger charge is -2.32. The van der Waals surface area contributed by atoms with Gasteiger partial charge in [0.15, 0.2) is 0 Å². The summed E-state index contributed by atoms with van der Waals surface area (Å²) in [5.74, 6) is 0.327. The van der Waals surface area contributed by atoms with Crippen molar-refractivity contribution in [3.8, 4) is 0 Å². The fourth-order valence-corrected chi connectivity index (χ4v) is 5.23. The first-order valence-electron chi connectivity index (χ1n) is 12.5. The normalized spacial score (nSPS) is 18.1. The van der Waals surface area contributed by atoms with Crippen LogP contribution in [0.1, 0.15) is 72.0 Å². The second-order valence-corrected chi connectivity index (χ2v) is 9.92. The Labute approximate surface area is 197 Å². The van der Waals surface area contributed by atoms with Crippen LogP contribution in [0.5, 0.6) is 0 Å². The monoisotopic (exact) mass is 447 g/mol. The van der Waals surface area contributed by atoms with Gasteiger partial charge in [-0.05, 0) is 82.4 Å². The lowest BCUT2D eigenvalue weighted by molar-refractivity contribution is -0.127. The van der Waals surface area contributed by atoms with Gasteiger partial charge in [0.1, 0.15) is 0 Å². The third-order valence-electron chi connectivity index (χ3n) is 6.98.